The molecule has 1 unspecified atom stereocenters. The molecule has 0 aliphatic heterocycles. The van der Waals surface area contributed by atoms with Crippen LogP contribution < -0.4 is 10.9 Å². The molecule has 0 amide bonds. The van der Waals surface area contributed by atoms with Crippen LogP contribution in [0.15, 0.2) is 59.9 Å². The number of nitrogens with zero attached hydrogens (tertiary/aromatic N) is 3. The largest absolute Gasteiger partial charge is 0.309 e. The molecule has 5 rings (SSSR count). The van der Waals surface area contributed by atoms with Gasteiger partial charge < -0.3 is 5.32 Å². The molecular weight excluding hydrogens is 399 g/mol. The highest BCUT2D eigenvalue weighted by Gasteiger charge is 2.25. The van der Waals surface area contributed by atoms with Gasteiger partial charge in [0.15, 0.2) is 0 Å². The molecule has 1 aliphatic carbocycles. The van der Waals surface area contributed by atoms with Gasteiger partial charge in [-0.05, 0) is 42.5 Å². The molecule has 30 heavy (non-hydrogen) atoms. The molecular formula is C23H21FN4OS. The molecule has 3 aromatic heterocycles. The maximum absolute atomic E-state index is 14.0. The molecule has 5 nitrogen and oxygen atoms in total. The Bertz CT molecular complexity index is 1250. The van der Waals surface area contributed by atoms with E-state index in [1.54, 1.807) is 35.7 Å². The number of benzene rings is 1. The van der Waals surface area contributed by atoms with E-state index in [4.69, 9.17) is 0 Å². The van der Waals surface area contributed by atoms with E-state index in [0.29, 0.717) is 17.0 Å². The van der Waals surface area contributed by atoms with Gasteiger partial charge in [-0.25, -0.2) is 9.37 Å². The number of hydrogen-bond donors (Lipinski definition) is 1. The Morgan fingerprint density at radius 1 is 1.23 bits per heavy atom. The van der Waals surface area contributed by atoms with E-state index >= 15 is 0 Å². The highest BCUT2D eigenvalue weighted by Crippen LogP contribution is 2.33. The summed E-state index contributed by atoms with van der Waals surface area (Å²) in [6.45, 7) is 0.973. The summed E-state index contributed by atoms with van der Waals surface area (Å²) in [4.78, 5) is 23.8. The van der Waals surface area contributed by atoms with E-state index in [0.717, 1.165) is 41.8 Å². The molecule has 1 atom stereocenters. The fraction of sp³-hybridized carbons (Fsp3) is 0.261. The van der Waals surface area contributed by atoms with Gasteiger partial charge in [0.25, 0.3) is 5.56 Å². The van der Waals surface area contributed by atoms with Gasteiger partial charge in [0.2, 0.25) is 0 Å². The van der Waals surface area contributed by atoms with Crippen LogP contribution in [0.1, 0.15) is 28.0 Å². The molecule has 1 aliphatic rings. The van der Waals surface area contributed by atoms with E-state index in [-0.39, 0.29) is 17.9 Å². The van der Waals surface area contributed by atoms with Crippen LogP contribution in [0.4, 0.5) is 4.39 Å². The summed E-state index contributed by atoms with van der Waals surface area (Å²) < 4.78 is 15.5. The Labute approximate surface area is 177 Å². The Kier molecular flexibility index (Phi) is 5.14. The van der Waals surface area contributed by atoms with E-state index in [9.17, 15) is 9.18 Å². The normalized spacial score (nSPS) is 16.0. The average Bonchev–Trinajstić information content (AvgIpc) is 3.15. The number of halogens is 1. The van der Waals surface area contributed by atoms with Crippen molar-refractivity contribution >= 4 is 21.6 Å². The molecule has 152 valence electrons. The first-order valence-electron chi connectivity index (χ1n) is 10.0. The van der Waals surface area contributed by atoms with E-state index in [1.165, 1.54) is 21.8 Å². The number of hydrogen-bond acceptors (Lipinski definition) is 5. The van der Waals surface area contributed by atoms with Crippen LogP contribution in [0.3, 0.4) is 0 Å². The van der Waals surface area contributed by atoms with Gasteiger partial charge >= 0.3 is 0 Å². The minimum absolute atomic E-state index is 0.0810. The molecule has 7 heteroatoms. The van der Waals surface area contributed by atoms with Crippen molar-refractivity contribution in [3.8, 4) is 0 Å². The molecule has 1 N–H and O–H groups in total. The van der Waals surface area contributed by atoms with Crippen LogP contribution in [0.2, 0.25) is 0 Å². The summed E-state index contributed by atoms with van der Waals surface area (Å²) in [7, 11) is 0. The average molecular weight is 421 g/mol. The number of rotatable bonds is 5. The lowest BCUT2D eigenvalue weighted by Crippen LogP contribution is -2.33. The second kappa shape index (κ2) is 8.08. The zero-order chi connectivity index (χ0) is 20.5. The van der Waals surface area contributed by atoms with Gasteiger partial charge in [-0.3, -0.25) is 14.3 Å². The van der Waals surface area contributed by atoms with Crippen LogP contribution in [0.25, 0.3) is 10.2 Å². The number of fused-ring (bicyclic) bond motifs is 3. The van der Waals surface area contributed by atoms with Crippen molar-refractivity contribution in [2.75, 3.05) is 0 Å². The van der Waals surface area contributed by atoms with Gasteiger partial charge in [-0.2, -0.15) is 0 Å². The third-order valence-corrected chi connectivity index (χ3v) is 6.81. The number of pyridine rings is 1. The number of thiophene rings is 1. The van der Waals surface area contributed by atoms with Crippen LogP contribution >= 0.6 is 11.3 Å². The van der Waals surface area contributed by atoms with E-state index in [2.05, 4.69) is 21.4 Å². The smallest absolute Gasteiger partial charge is 0.262 e. The predicted octanol–water partition coefficient (Wildman–Crippen LogP) is 3.69. The molecule has 4 aromatic rings. The first kappa shape index (κ1) is 19.1. The molecule has 0 saturated heterocycles. The van der Waals surface area contributed by atoms with Crippen LogP contribution in [-0.2, 0) is 25.9 Å². The standard InChI is InChI=1S/C23H21FN4OS/c24-19-6-2-1-5-16(19)13-28-14-27-22-21(23(28)29)18-8-7-17(10-20(18)30-22)26-12-15-4-3-9-25-11-15/h1-6,9,11,14,17,26H,7-8,10,12-13H2. The third-order valence-electron chi connectivity index (χ3n) is 5.65. The quantitative estimate of drug-likeness (QED) is 0.535. The van der Waals surface area contributed by atoms with Crippen LogP contribution in [0, 0.1) is 5.82 Å². The highest BCUT2D eigenvalue weighted by atomic mass is 32.1. The maximum atomic E-state index is 14.0. The molecule has 3 heterocycles. The van der Waals surface area contributed by atoms with Gasteiger partial charge in [0, 0.05) is 35.4 Å². The zero-order valence-electron chi connectivity index (χ0n) is 16.3. The fourth-order valence-corrected chi connectivity index (χ4v) is 5.32. The predicted molar refractivity (Wildman–Crippen MR) is 116 cm³/mol. The molecule has 0 spiro atoms. The van der Waals surface area contributed by atoms with Gasteiger partial charge in [-0.15, -0.1) is 11.3 Å². The summed E-state index contributed by atoms with van der Waals surface area (Å²) in [6, 6.07) is 10.9. The number of aromatic nitrogens is 3. The van der Waals surface area contributed by atoms with Crippen molar-refractivity contribution in [3.63, 3.8) is 0 Å². The van der Waals surface area contributed by atoms with Crippen LogP contribution in [-0.4, -0.2) is 20.6 Å². The molecule has 0 saturated carbocycles. The van der Waals surface area contributed by atoms with Crippen molar-refractivity contribution in [1.29, 1.82) is 0 Å². The minimum Gasteiger partial charge on any atom is -0.309 e. The van der Waals surface area contributed by atoms with Crippen molar-refractivity contribution in [2.24, 2.45) is 0 Å². The Morgan fingerprint density at radius 3 is 2.97 bits per heavy atom. The lowest BCUT2D eigenvalue weighted by molar-refractivity contribution is 0.462. The summed E-state index contributed by atoms with van der Waals surface area (Å²) >= 11 is 1.61. The zero-order valence-corrected chi connectivity index (χ0v) is 17.2. The molecule has 0 fully saturated rings. The van der Waals surface area contributed by atoms with E-state index in [1.807, 2.05) is 12.3 Å². The van der Waals surface area contributed by atoms with Gasteiger partial charge in [-0.1, -0.05) is 24.3 Å². The monoisotopic (exact) mass is 420 g/mol. The SMILES string of the molecule is O=c1c2c3c(sc2ncn1Cc1ccccc1F)CC(NCc1cccnc1)CC3. The van der Waals surface area contributed by atoms with Crippen molar-refractivity contribution in [3.05, 3.63) is 92.9 Å². The lowest BCUT2D eigenvalue weighted by Gasteiger charge is -2.23. The summed E-state index contributed by atoms with van der Waals surface area (Å²) in [5.41, 5.74) is 2.69. The molecule has 0 radical (unpaired) electrons. The van der Waals surface area contributed by atoms with Gasteiger partial charge in [0.1, 0.15) is 10.6 Å². The highest BCUT2D eigenvalue weighted by molar-refractivity contribution is 7.18. The second-order valence-corrected chi connectivity index (χ2v) is 8.72. The summed E-state index contributed by atoms with van der Waals surface area (Å²) in [5.74, 6) is -0.306. The number of aryl methyl sites for hydroxylation is 1. The van der Waals surface area contributed by atoms with Crippen molar-refractivity contribution < 1.29 is 4.39 Å². The number of nitrogens with one attached hydrogen (secondary N) is 1. The topological polar surface area (TPSA) is 59.8 Å². The Hall–Kier alpha value is -2.90. The van der Waals surface area contributed by atoms with Crippen molar-refractivity contribution in [2.45, 2.75) is 38.4 Å². The second-order valence-electron chi connectivity index (χ2n) is 7.63. The summed E-state index contributed by atoms with van der Waals surface area (Å²) in [5, 5.41) is 4.32. The first-order valence-corrected chi connectivity index (χ1v) is 10.9. The fourth-order valence-electron chi connectivity index (χ4n) is 4.06. The van der Waals surface area contributed by atoms with Crippen LogP contribution in [0.5, 0.6) is 0 Å². The maximum Gasteiger partial charge on any atom is 0.262 e. The Balaban J connectivity index is 1.39. The van der Waals surface area contributed by atoms with E-state index < -0.39 is 0 Å². The minimum atomic E-state index is -0.306. The Morgan fingerprint density at radius 2 is 2.13 bits per heavy atom. The lowest BCUT2D eigenvalue weighted by atomic mass is 9.93. The van der Waals surface area contributed by atoms with Crippen molar-refractivity contribution in [1.82, 2.24) is 19.9 Å². The summed E-state index contributed by atoms with van der Waals surface area (Å²) in [6.07, 6.45) is 7.91. The first-order chi connectivity index (χ1) is 14.7. The molecule has 1 aromatic carbocycles. The van der Waals surface area contributed by atoms with Gasteiger partial charge in [0.05, 0.1) is 18.3 Å². The molecule has 0 bridgehead atoms. The third kappa shape index (κ3) is 3.66.